The van der Waals surface area contributed by atoms with Crippen molar-refractivity contribution in [3.05, 3.63) is 58.9 Å². The smallest absolute Gasteiger partial charge is 0.145 e. The van der Waals surface area contributed by atoms with Crippen molar-refractivity contribution in [2.24, 2.45) is 0 Å². The highest BCUT2D eigenvalue weighted by Crippen LogP contribution is 2.38. The van der Waals surface area contributed by atoms with Gasteiger partial charge >= 0.3 is 0 Å². The van der Waals surface area contributed by atoms with Crippen LogP contribution in [0.3, 0.4) is 0 Å². The number of hydrogen-bond acceptors (Lipinski definition) is 4. The van der Waals surface area contributed by atoms with Gasteiger partial charge in [0.15, 0.2) is 0 Å². The van der Waals surface area contributed by atoms with Crippen LogP contribution in [0.25, 0.3) is 0 Å². The van der Waals surface area contributed by atoms with Crippen LogP contribution in [-0.4, -0.2) is 48.8 Å². The molecule has 1 N–H and O–H groups in total. The van der Waals surface area contributed by atoms with Crippen molar-refractivity contribution in [1.82, 2.24) is 4.90 Å². The number of halogens is 1. The molecule has 0 saturated carbocycles. The van der Waals surface area contributed by atoms with Crippen molar-refractivity contribution < 1.29 is 14.2 Å². The summed E-state index contributed by atoms with van der Waals surface area (Å²) in [6, 6.07) is 11.2. The van der Waals surface area contributed by atoms with Gasteiger partial charge in [0.2, 0.25) is 0 Å². The van der Waals surface area contributed by atoms with Gasteiger partial charge in [0, 0.05) is 32.2 Å². The summed E-state index contributed by atoms with van der Waals surface area (Å²) in [5, 5.41) is 10.7. The molecule has 1 fully saturated rings. The van der Waals surface area contributed by atoms with E-state index in [1.165, 1.54) is 17.3 Å². The average Bonchev–Trinajstić information content (AvgIpc) is 3.03. The molecule has 4 nitrogen and oxygen atoms in total. The minimum absolute atomic E-state index is 0.0462. The van der Waals surface area contributed by atoms with Crippen LogP contribution in [0.5, 0.6) is 5.75 Å². The zero-order chi connectivity index (χ0) is 18.4. The molecule has 0 aromatic heterocycles. The van der Waals surface area contributed by atoms with Gasteiger partial charge in [-0.05, 0) is 54.2 Å². The lowest BCUT2D eigenvalue weighted by Crippen LogP contribution is -2.51. The Morgan fingerprint density at radius 2 is 1.89 bits per heavy atom. The van der Waals surface area contributed by atoms with Gasteiger partial charge in [0.25, 0.3) is 0 Å². The molecule has 2 aromatic carbocycles. The normalized spacial score (nSPS) is 25.0. The number of benzene rings is 2. The van der Waals surface area contributed by atoms with Crippen LogP contribution in [0.4, 0.5) is 10.1 Å². The van der Waals surface area contributed by atoms with E-state index in [2.05, 4.69) is 28.0 Å². The quantitative estimate of drug-likeness (QED) is 0.884. The third-order valence-electron chi connectivity index (χ3n) is 6.25. The summed E-state index contributed by atoms with van der Waals surface area (Å²) in [7, 11) is 0. The topological polar surface area (TPSA) is 35.9 Å². The van der Waals surface area contributed by atoms with E-state index < -0.39 is 6.10 Å². The maximum Gasteiger partial charge on any atom is 0.145 e. The fraction of sp³-hybridized carbons (Fsp3) is 0.455. The molecule has 0 radical (unpaired) electrons. The second-order valence-electron chi connectivity index (χ2n) is 7.80. The van der Waals surface area contributed by atoms with Gasteiger partial charge in [-0.15, -0.1) is 0 Å². The number of anilines is 1. The third kappa shape index (κ3) is 2.99. The van der Waals surface area contributed by atoms with Crippen LogP contribution in [-0.2, 0) is 12.8 Å². The summed E-state index contributed by atoms with van der Waals surface area (Å²) >= 11 is 0. The lowest BCUT2D eigenvalue weighted by atomic mass is 10.0. The molecular formula is C22H25FN2O2. The predicted molar refractivity (Wildman–Crippen MR) is 103 cm³/mol. The molecule has 1 aliphatic carbocycles. The van der Waals surface area contributed by atoms with Crippen LogP contribution in [0.2, 0.25) is 0 Å². The summed E-state index contributed by atoms with van der Waals surface area (Å²) in [6.07, 6.45) is 2.37. The molecule has 2 aromatic rings. The number of hydrogen-bond donors (Lipinski definition) is 1. The molecular weight excluding hydrogens is 343 g/mol. The van der Waals surface area contributed by atoms with E-state index in [-0.39, 0.29) is 11.9 Å². The van der Waals surface area contributed by atoms with Crippen molar-refractivity contribution in [3.8, 4) is 5.75 Å². The second-order valence-corrected chi connectivity index (χ2v) is 7.80. The number of piperazine rings is 1. The number of aliphatic hydroxyl groups excluding tert-OH is 1. The maximum absolute atomic E-state index is 13.5. The summed E-state index contributed by atoms with van der Waals surface area (Å²) in [5.74, 6) is 0.834. The largest absolute Gasteiger partial charge is 0.491 e. The van der Waals surface area contributed by atoms with Gasteiger partial charge in [-0.3, -0.25) is 4.90 Å². The molecule has 142 valence electrons. The molecule has 1 saturated heterocycles. The van der Waals surface area contributed by atoms with Crippen LogP contribution in [0, 0.1) is 5.82 Å². The summed E-state index contributed by atoms with van der Waals surface area (Å²) in [4.78, 5) is 4.75. The van der Waals surface area contributed by atoms with Gasteiger partial charge in [-0.2, -0.15) is 0 Å². The number of aryl methyl sites for hydroxylation is 1. The zero-order valence-electron chi connectivity index (χ0n) is 15.4. The Labute approximate surface area is 159 Å². The lowest BCUT2D eigenvalue weighted by molar-refractivity contribution is 0.0571. The first-order chi connectivity index (χ1) is 13.2. The summed E-state index contributed by atoms with van der Waals surface area (Å²) in [5.41, 5.74) is 4.34. The number of rotatable bonds is 2. The average molecular weight is 368 g/mol. The van der Waals surface area contributed by atoms with Crippen molar-refractivity contribution in [2.75, 3.05) is 37.7 Å². The fourth-order valence-electron chi connectivity index (χ4n) is 4.83. The van der Waals surface area contributed by atoms with Crippen LogP contribution >= 0.6 is 0 Å². The molecule has 2 atom stereocenters. The van der Waals surface area contributed by atoms with Gasteiger partial charge in [0.05, 0.1) is 18.4 Å². The van der Waals surface area contributed by atoms with E-state index in [1.807, 2.05) is 0 Å². The molecule has 2 heterocycles. The van der Waals surface area contributed by atoms with E-state index in [4.69, 9.17) is 4.74 Å². The van der Waals surface area contributed by atoms with Gasteiger partial charge in [-0.1, -0.05) is 18.2 Å². The van der Waals surface area contributed by atoms with Crippen LogP contribution < -0.4 is 9.64 Å². The van der Waals surface area contributed by atoms with E-state index in [0.29, 0.717) is 0 Å². The van der Waals surface area contributed by atoms with Crippen LogP contribution in [0.15, 0.2) is 36.4 Å². The van der Waals surface area contributed by atoms with E-state index in [1.54, 1.807) is 12.1 Å². The second kappa shape index (κ2) is 6.80. The first-order valence-corrected chi connectivity index (χ1v) is 9.91. The fourth-order valence-corrected chi connectivity index (χ4v) is 4.83. The summed E-state index contributed by atoms with van der Waals surface area (Å²) < 4.78 is 19.5. The highest BCUT2D eigenvalue weighted by Gasteiger charge is 2.37. The molecule has 3 aliphatic rings. The number of para-hydroxylation sites is 1. The van der Waals surface area contributed by atoms with Gasteiger partial charge in [0.1, 0.15) is 11.6 Å². The number of aliphatic hydroxyl groups is 1. The number of ether oxygens (including phenoxy) is 1. The maximum atomic E-state index is 13.5. The van der Waals surface area contributed by atoms with Gasteiger partial charge < -0.3 is 14.7 Å². The Morgan fingerprint density at radius 1 is 1.04 bits per heavy atom. The summed E-state index contributed by atoms with van der Waals surface area (Å²) in [6.45, 7) is 4.40. The van der Waals surface area contributed by atoms with Crippen LogP contribution in [0.1, 0.15) is 29.2 Å². The number of fused-ring (bicyclic) bond motifs is 2. The molecule has 0 amide bonds. The van der Waals surface area contributed by atoms with Crippen molar-refractivity contribution in [2.45, 2.75) is 31.4 Å². The molecule has 5 heteroatoms. The third-order valence-corrected chi connectivity index (χ3v) is 6.25. The minimum atomic E-state index is -0.528. The standard InChI is InChI=1S/C22H25FN2O2/c23-17-6-7-18-16(13-17)14-20(21(18)26)25-10-8-24(9-11-25)19-5-1-3-15-4-2-12-27-22(15)19/h1,3,5-7,13,20-21,26H,2,4,8-12,14H2/t20-,21-/m0/s1. The molecule has 0 unspecified atom stereocenters. The Hall–Kier alpha value is -2.11. The van der Waals surface area contributed by atoms with Gasteiger partial charge in [-0.25, -0.2) is 4.39 Å². The highest BCUT2D eigenvalue weighted by molar-refractivity contribution is 5.63. The van der Waals surface area contributed by atoms with Crippen molar-refractivity contribution >= 4 is 5.69 Å². The van der Waals surface area contributed by atoms with Crippen molar-refractivity contribution in [1.29, 1.82) is 0 Å². The highest BCUT2D eigenvalue weighted by atomic mass is 19.1. The Kier molecular flexibility index (Phi) is 4.29. The number of nitrogens with zero attached hydrogens (tertiary/aromatic N) is 2. The zero-order valence-corrected chi connectivity index (χ0v) is 15.4. The first kappa shape index (κ1) is 17.0. The van der Waals surface area contributed by atoms with E-state index >= 15 is 0 Å². The van der Waals surface area contributed by atoms with E-state index in [0.717, 1.165) is 68.9 Å². The van der Waals surface area contributed by atoms with E-state index in [9.17, 15) is 9.50 Å². The first-order valence-electron chi connectivity index (χ1n) is 9.91. The Bertz CT molecular complexity index is 848. The van der Waals surface area contributed by atoms with Crippen molar-refractivity contribution in [3.63, 3.8) is 0 Å². The molecule has 27 heavy (non-hydrogen) atoms. The molecule has 0 bridgehead atoms. The molecule has 5 rings (SSSR count). The minimum Gasteiger partial charge on any atom is -0.491 e. The molecule has 2 aliphatic heterocycles. The predicted octanol–water partition coefficient (Wildman–Crippen LogP) is 2.93. The lowest BCUT2D eigenvalue weighted by Gasteiger charge is -2.40. The Morgan fingerprint density at radius 3 is 2.74 bits per heavy atom. The Balaban J connectivity index is 1.29. The molecule has 0 spiro atoms. The SMILES string of the molecule is O[C@H]1c2ccc(F)cc2C[C@@H]1N1CCN(c2cccc3c2OCCC3)CC1. The monoisotopic (exact) mass is 368 g/mol.